The Balaban J connectivity index is 2.58. The van der Waals surface area contributed by atoms with Crippen LogP contribution in [-0.2, 0) is 11.3 Å². The molecule has 0 heterocycles. The second-order valence-electron chi connectivity index (χ2n) is 4.06. The number of rotatable bonds is 8. The molecule has 0 saturated heterocycles. The van der Waals surface area contributed by atoms with E-state index in [-0.39, 0.29) is 5.91 Å². The molecule has 0 radical (unpaired) electrons. The number of hydrogen-bond acceptors (Lipinski definition) is 3. The van der Waals surface area contributed by atoms with E-state index in [2.05, 4.69) is 33.5 Å². The molecule has 4 nitrogen and oxygen atoms in total. The van der Waals surface area contributed by atoms with E-state index in [0.717, 1.165) is 28.9 Å². The van der Waals surface area contributed by atoms with Crippen LogP contribution >= 0.6 is 15.9 Å². The molecule has 1 rings (SSSR count). The van der Waals surface area contributed by atoms with Gasteiger partial charge in [-0.1, -0.05) is 19.1 Å². The maximum absolute atomic E-state index is 11.4. The number of benzene rings is 1. The number of halogens is 1. The van der Waals surface area contributed by atoms with Crippen LogP contribution in [0.2, 0.25) is 0 Å². The van der Waals surface area contributed by atoms with Gasteiger partial charge in [-0.05, 0) is 35.5 Å². The molecule has 0 spiro atoms. The Hall–Kier alpha value is -1.07. The predicted molar refractivity (Wildman–Crippen MR) is 80.3 cm³/mol. The molecule has 0 fully saturated rings. The summed E-state index contributed by atoms with van der Waals surface area (Å²) in [5, 5.41) is 6.02. The molecule has 1 amide bonds. The molecule has 1 aromatic rings. The lowest BCUT2D eigenvalue weighted by Gasteiger charge is -2.13. The smallest absolute Gasteiger partial charge is 0.223 e. The highest BCUT2D eigenvalue weighted by atomic mass is 79.9. The molecule has 0 aliphatic heterocycles. The second kappa shape index (κ2) is 8.93. The quantitative estimate of drug-likeness (QED) is 0.770. The van der Waals surface area contributed by atoms with Gasteiger partial charge in [-0.15, -0.1) is 0 Å². The molecule has 5 heteroatoms. The highest BCUT2D eigenvalue weighted by Crippen LogP contribution is 2.29. The fraction of sp³-hybridized carbons (Fsp3) is 0.500. The summed E-state index contributed by atoms with van der Waals surface area (Å²) in [7, 11) is 0. The van der Waals surface area contributed by atoms with Crippen molar-refractivity contribution in [3.05, 3.63) is 28.2 Å². The summed E-state index contributed by atoms with van der Waals surface area (Å²) < 4.78 is 6.65. The van der Waals surface area contributed by atoms with Crippen LogP contribution in [-0.4, -0.2) is 25.6 Å². The number of carbonyl (C=O) groups is 1. The Morgan fingerprint density at radius 3 is 2.79 bits per heavy atom. The SMILES string of the molecule is CCNCc1cccc(Br)c1OCCC(=O)NCC. The van der Waals surface area contributed by atoms with E-state index < -0.39 is 0 Å². The van der Waals surface area contributed by atoms with Crippen molar-refractivity contribution in [1.82, 2.24) is 10.6 Å². The Kier molecular flexibility index (Phi) is 7.52. The van der Waals surface area contributed by atoms with Crippen LogP contribution in [0.25, 0.3) is 0 Å². The highest BCUT2D eigenvalue weighted by molar-refractivity contribution is 9.10. The minimum absolute atomic E-state index is 0.0165. The van der Waals surface area contributed by atoms with E-state index >= 15 is 0 Å². The first-order chi connectivity index (χ1) is 9.19. The largest absolute Gasteiger partial charge is 0.492 e. The minimum Gasteiger partial charge on any atom is -0.492 e. The predicted octanol–water partition coefficient (Wildman–Crippen LogP) is 2.46. The summed E-state index contributed by atoms with van der Waals surface area (Å²) >= 11 is 3.48. The van der Waals surface area contributed by atoms with Gasteiger partial charge in [0.15, 0.2) is 0 Å². The molecule has 0 aliphatic rings. The molecule has 0 unspecified atom stereocenters. The van der Waals surface area contributed by atoms with Gasteiger partial charge in [-0.2, -0.15) is 0 Å². The Morgan fingerprint density at radius 1 is 1.32 bits per heavy atom. The third-order valence-electron chi connectivity index (χ3n) is 2.56. The summed E-state index contributed by atoms with van der Waals surface area (Å²) in [6.45, 7) is 6.67. The van der Waals surface area contributed by atoms with E-state index in [1.54, 1.807) is 0 Å². The van der Waals surface area contributed by atoms with Gasteiger partial charge in [0.25, 0.3) is 0 Å². The molecular formula is C14H21BrN2O2. The Morgan fingerprint density at radius 2 is 2.11 bits per heavy atom. The maximum atomic E-state index is 11.4. The van der Waals surface area contributed by atoms with Gasteiger partial charge < -0.3 is 15.4 Å². The van der Waals surface area contributed by atoms with Gasteiger partial charge >= 0.3 is 0 Å². The fourth-order valence-corrected chi connectivity index (χ4v) is 2.17. The number of hydrogen-bond donors (Lipinski definition) is 2. The van der Waals surface area contributed by atoms with Crippen molar-refractivity contribution < 1.29 is 9.53 Å². The molecule has 0 aliphatic carbocycles. The van der Waals surface area contributed by atoms with Crippen LogP contribution in [0.4, 0.5) is 0 Å². The lowest BCUT2D eigenvalue weighted by molar-refractivity contribution is -0.121. The van der Waals surface area contributed by atoms with Crippen molar-refractivity contribution in [1.29, 1.82) is 0 Å². The number of nitrogens with one attached hydrogen (secondary N) is 2. The summed E-state index contributed by atoms with van der Waals surface area (Å²) in [5.74, 6) is 0.829. The number of para-hydroxylation sites is 1. The zero-order chi connectivity index (χ0) is 14.1. The lowest BCUT2D eigenvalue weighted by Crippen LogP contribution is -2.24. The van der Waals surface area contributed by atoms with Gasteiger partial charge in [-0.25, -0.2) is 0 Å². The maximum Gasteiger partial charge on any atom is 0.223 e. The third kappa shape index (κ3) is 5.61. The number of amides is 1. The molecule has 0 atom stereocenters. The second-order valence-corrected chi connectivity index (χ2v) is 4.91. The molecule has 0 aromatic heterocycles. The fourth-order valence-electron chi connectivity index (χ4n) is 1.65. The van der Waals surface area contributed by atoms with Crippen LogP contribution in [0, 0.1) is 0 Å². The summed E-state index contributed by atoms with van der Waals surface area (Å²) in [4.78, 5) is 11.4. The minimum atomic E-state index is 0.0165. The van der Waals surface area contributed by atoms with Gasteiger partial charge in [0.05, 0.1) is 17.5 Å². The standard InChI is InChI=1S/C14H21BrN2O2/c1-3-16-10-11-6-5-7-12(15)14(11)19-9-8-13(18)17-4-2/h5-7,16H,3-4,8-10H2,1-2H3,(H,17,18). The monoisotopic (exact) mass is 328 g/mol. The highest BCUT2D eigenvalue weighted by Gasteiger charge is 2.08. The zero-order valence-electron chi connectivity index (χ0n) is 11.5. The van der Waals surface area contributed by atoms with Crippen LogP contribution in [0.3, 0.4) is 0 Å². The first-order valence-corrected chi connectivity index (χ1v) is 7.35. The molecule has 19 heavy (non-hydrogen) atoms. The Labute approximate surface area is 123 Å². The molecular weight excluding hydrogens is 308 g/mol. The topological polar surface area (TPSA) is 50.4 Å². The van der Waals surface area contributed by atoms with Crippen molar-refractivity contribution in [2.45, 2.75) is 26.8 Å². The van der Waals surface area contributed by atoms with E-state index in [4.69, 9.17) is 4.74 Å². The summed E-state index contributed by atoms with van der Waals surface area (Å²) in [6, 6.07) is 5.94. The van der Waals surface area contributed by atoms with Crippen molar-refractivity contribution in [2.24, 2.45) is 0 Å². The van der Waals surface area contributed by atoms with Crippen LogP contribution < -0.4 is 15.4 Å². The van der Waals surface area contributed by atoms with Crippen LogP contribution in [0.5, 0.6) is 5.75 Å². The third-order valence-corrected chi connectivity index (χ3v) is 3.19. The normalized spacial score (nSPS) is 10.3. The zero-order valence-corrected chi connectivity index (χ0v) is 13.0. The van der Waals surface area contributed by atoms with Crippen molar-refractivity contribution in [2.75, 3.05) is 19.7 Å². The van der Waals surface area contributed by atoms with Crippen molar-refractivity contribution in [3.8, 4) is 5.75 Å². The van der Waals surface area contributed by atoms with Crippen molar-refractivity contribution in [3.63, 3.8) is 0 Å². The van der Waals surface area contributed by atoms with Crippen LogP contribution in [0.15, 0.2) is 22.7 Å². The van der Waals surface area contributed by atoms with E-state index in [1.165, 1.54) is 0 Å². The molecule has 2 N–H and O–H groups in total. The molecule has 1 aromatic carbocycles. The average Bonchev–Trinajstić information content (AvgIpc) is 2.39. The van der Waals surface area contributed by atoms with E-state index in [0.29, 0.717) is 19.6 Å². The van der Waals surface area contributed by atoms with Crippen molar-refractivity contribution >= 4 is 21.8 Å². The van der Waals surface area contributed by atoms with Crippen LogP contribution in [0.1, 0.15) is 25.8 Å². The molecule has 0 saturated carbocycles. The summed E-state index contributed by atoms with van der Waals surface area (Å²) in [6.07, 6.45) is 0.371. The van der Waals surface area contributed by atoms with Gasteiger partial charge in [0.2, 0.25) is 5.91 Å². The number of ether oxygens (including phenoxy) is 1. The van der Waals surface area contributed by atoms with Gasteiger partial charge in [-0.3, -0.25) is 4.79 Å². The first-order valence-electron chi connectivity index (χ1n) is 6.56. The first kappa shape index (κ1) is 16.0. The van der Waals surface area contributed by atoms with Gasteiger partial charge in [0, 0.05) is 18.7 Å². The lowest BCUT2D eigenvalue weighted by atomic mass is 10.2. The van der Waals surface area contributed by atoms with Gasteiger partial charge in [0.1, 0.15) is 5.75 Å². The van der Waals surface area contributed by atoms with E-state index in [1.807, 2.05) is 25.1 Å². The molecule has 106 valence electrons. The Bertz CT molecular complexity index is 410. The van der Waals surface area contributed by atoms with E-state index in [9.17, 15) is 4.79 Å². The number of carbonyl (C=O) groups excluding carboxylic acids is 1. The molecule has 0 bridgehead atoms. The average molecular weight is 329 g/mol. The summed E-state index contributed by atoms with van der Waals surface area (Å²) in [5.41, 5.74) is 1.09.